The van der Waals surface area contributed by atoms with Gasteiger partial charge < -0.3 is 18.8 Å². The van der Waals surface area contributed by atoms with Crippen LogP contribution in [0, 0.1) is 5.82 Å². The number of halogens is 1. The fourth-order valence-electron chi connectivity index (χ4n) is 3.75. The highest BCUT2D eigenvalue weighted by Crippen LogP contribution is 2.27. The Kier molecular flexibility index (Phi) is 6.50. The second-order valence-electron chi connectivity index (χ2n) is 7.61. The van der Waals surface area contributed by atoms with Crippen molar-refractivity contribution in [1.82, 2.24) is 9.88 Å². The van der Waals surface area contributed by atoms with Crippen molar-refractivity contribution in [3.63, 3.8) is 0 Å². The third kappa shape index (κ3) is 5.42. The number of aromatic nitrogens is 1. The number of amides is 1. The lowest BCUT2D eigenvalue weighted by Crippen LogP contribution is -2.41. The molecule has 4 rings (SSSR count). The molecule has 1 fully saturated rings. The molecular weight excluding hydrogens is 399 g/mol. The van der Waals surface area contributed by atoms with Gasteiger partial charge in [0.25, 0.3) is 5.91 Å². The average molecular weight is 424 g/mol. The molecule has 0 bridgehead atoms. The number of piperidine rings is 1. The quantitative estimate of drug-likeness (QED) is 0.569. The number of rotatable bonds is 7. The molecule has 0 radical (unpaired) electrons. The molecule has 0 saturated carbocycles. The van der Waals surface area contributed by atoms with E-state index in [4.69, 9.17) is 13.9 Å². The van der Waals surface area contributed by atoms with Crippen molar-refractivity contribution in [3.05, 3.63) is 77.8 Å². The summed E-state index contributed by atoms with van der Waals surface area (Å²) in [5.41, 5.74) is 1.08. The first-order valence-corrected chi connectivity index (χ1v) is 10.3. The summed E-state index contributed by atoms with van der Waals surface area (Å²) in [5, 5.41) is 0. The first-order chi connectivity index (χ1) is 15.1. The van der Waals surface area contributed by atoms with Gasteiger partial charge in [0.2, 0.25) is 0 Å². The lowest BCUT2D eigenvalue weighted by Gasteiger charge is -2.31. The smallest absolute Gasteiger partial charge is 0.260 e. The summed E-state index contributed by atoms with van der Waals surface area (Å²) < 4.78 is 29.8. The predicted octanol–water partition coefficient (Wildman–Crippen LogP) is 4.20. The monoisotopic (exact) mass is 424 g/mol. The molecule has 1 amide bonds. The van der Waals surface area contributed by atoms with Crippen LogP contribution in [-0.2, 0) is 11.2 Å². The van der Waals surface area contributed by atoms with Gasteiger partial charge >= 0.3 is 0 Å². The van der Waals surface area contributed by atoms with Crippen molar-refractivity contribution in [1.29, 1.82) is 0 Å². The fourth-order valence-corrected chi connectivity index (χ4v) is 3.75. The molecule has 1 atom stereocenters. The number of hydrogen-bond donors (Lipinski definition) is 0. The third-order valence-corrected chi connectivity index (χ3v) is 5.38. The lowest BCUT2D eigenvalue weighted by atomic mass is 9.98. The van der Waals surface area contributed by atoms with Gasteiger partial charge in [-0.05, 0) is 54.8 Å². The molecule has 31 heavy (non-hydrogen) atoms. The van der Waals surface area contributed by atoms with E-state index in [0.29, 0.717) is 31.2 Å². The molecule has 2 heterocycles. The number of likely N-dealkylation sites (tertiary alicyclic amines) is 1. The minimum absolute atomic E-state index is 0.0579. The Bertz CT molecular complexity index is 1020. The van der Waals surface area contributed by atoms with Gasteiger partial charge in [-0.3, -0.25) is 4.79 Å². The molecule has 1 unspecified atom stereocenters. The van der Waals surface area contributed by atoms with Crippen LogP contribution in [0.5, 0.6) is 11.5 Å². The molecule has 0 spiro atoms. The molecule has 7 heteroatoms. The van der Waals surface area contributed by atoms with Crippen LogP contribution in [0.1, 0.15) is 36.0 Å². The molecule has 0 N–H and O–H groups in total. The SMILES string of the molecule is COc1cccc(Cc2cnc(C3CCCN(C(=O)COc4ccc(F)cc4)C3)o2)c1. The Morgan fingerprint density at radius 1 is 1.23 bits per heavy atom. The first kappa shape index (κ1) is 20.9. The summed E-state index contributed by atoms with van der Waals surface area (Å²) in [6.45, 7) is 1.15. The van der Waals surface area contributed by atoms with E-state index in [9.17, 15) is 9.18 Å². The Morgan fingerprint density at radius 2 is 2.06 bits per heavy atom. The van der Waals surface area contributed by atoms with Crippen molar-refractivity contribution >= 4 is 5.91 Å². The van der Waals surface area contributed by atoms with E-state index in [0.717, 1.165) is 29.9 Å². The van der Waals surface area contributed by atoms with Gasteiger partial charge in [0.05, 0.1) is 19.2 Å². The number of oxazole rings is 1. The highest BCUT2D eigenvalue weighted by atomic mass is 19.1. The van der Waals surface area contributed by atoms with Crippen LogP contribution >= 0.6 is 0 Å². The zero-order chi connectivity index (χ0) is 21.6. The minimum atomic E-state index is -0.339. The van der Waals surface area contributed by atoms with E-state index < -0.39 is 0 Å². The Labute approximate surface area is 180 Å². The highest BCUT2D eigenvalue weighted by molar-refractivity contribution is 5.78. The summed E-state index contributed by atoms with van der Waals surface area (Å²) in [6.07, 6.45) is 4.18. The highest BCUT2D eigenvalue weighted by Gasteiger charge is 2.28. The van der Waals surface area contributed by atoms with Crippen LogP contribution in [0.15, 0.2) is 59.1 Å². The van der Waals surface area contributed by atoms with Crippen molar-refractivity contribution < 1.29 is 23.1 Å². The van der Waals surface area contributed by atoms with Crippen molar-refractivity contribution in [3.8, 4) is 11.5 Å². The van der Waals surface area contributed by atoms with E-state index in [-0.39, 0.29) is 24.2 Å². The number of carbonyl (C=O) groups is 1. The van der Waals surface area contributed by atoms with E-state index in [2.05, 4.69) is 4.98 Å². The van der Waals surface area contributed by atoms with Gasteiger partial charge in [0.15, 0.2) is 12.5 Å². The van der Waals surface area contributed by atoms with Gasteiger partial charge in [0, 0.05) is 19.5 Å². The second kappa shape index (κ2) is 9.64. The van der Waals surface area contributed by atoms with Crippen LogP contribution in [0.2, 0.25) is 0 Å². The number of methoxy groups -OCH3 is 1. The standard InChI is InChI=1S/C24H25FN2O4/c1-29-21-6-2-4-17(12-21)13-22-14-26-24(31-22)18-5-3-11-27(15-18)23(28)16-30-20-9-7-19(25)8-10-20/h2,4,6-10,12,14,18H,3,5,11,13,15-16H2,1H3. The van der Waals surface area contributed by atoms with E-state index in [1.54, 1.807) is 18.2 Å². The average Bonchev–Trinajstić information content (AvgIpc) is 3.27. The van der Waals surface area contributed by atoms with Gasteiger partial charge in [0.1, 0.15) is 23.1 Å². The summed E-state index contributed by atoms with van der Waals surface area (Å²) in [7, 11) is 1.65. The summed E-state index contributed by atoms with van der Waals surface area (Å²) in [6, 6.07) is 13.5. The lowest BCUT2D eigenvalue weighted by molar-refractivity contribution is -0.134. The molecule has 1 aliphatic rings. The molecule has 6 nitrogen and oxygen atoms in total. The Morgan fingerprint density at radius 3 is 2.87 bits per heavy atom. The molecule has 3 aromatic rings. The molecule has 1 aliphatic heterocycles. The minimum Gasteiger partial charge on any atom is -0.497 e. The van der Waals surface area contributed by atoms with Crippen molar-refractivity contribution in [2.75, 3.05) is 26.8 Å². The van der Waals surface area contributed by atoms with E-state index in [1.807, 2.05) is 24.3 Å². The maximum Gasteiger partial charge on any atom is 0.260 e. The number of hydrogen-bond acceptors (Lipinski definition) is 5. The van der Waals surface area contributed by atoms with Crippen LogP contribution < -0.4 is 9.47 Å². The normalized spacial score (nSPS) is 16.2. The van der Waals surface area contributed by atoms with E-state index in [1.165, 1.54) is 24.3 Å². The zero-order valence-electron chi connectivity index (χ0n) is 17.4. The largest absolute Gasteiger partial charge is 0.497 e. The Balaban J connectivity index is 1.33. The fraction of sp³-hybridized carbons (Fsp3) is 0.333. The molecular formula is C24H25FN2O4. The topological polar surface area (TPSA) is 64.8 Å². The predicted molar refractivity (Wildman–Crippen MR) is 113 cm³/mol. The third-order valence-electron chi connectivity index (χ3n) is 5.38. The summed E-state index contributed by atoms with van der Waals surface area (Å²) >= 11 is 0. The second-order valence-corrected chi connectivity index (χ2v) is 7.61. The maximum atomic E-state index is 13.0. The molecule has 1 aromatic heterocycles. The maximum absolute atomic E-state index is 13.0. The first-order valence-electron chi connectivity index (χ1n) is 10.3. The van der Waals surface area contributed by atoms with Gasteiger partial charge in [-0.15, -0.1) is 0 Å². The van der Waals surface area contributed by atoms with Crippen LogP contribution in [-0.4, -0.2) is 42.6 Å². The zero-order valence-corrected chi connectivity index (χ0v) is 17.4. The van der Waals surface area contributed by atoms with Gasteiger partial charge in [-0.2, -0.15) is 0 Å². The summed E-state index contributed by atoms with van der Waals surface area (Å²) in [5.74, 6) is 2.34. The molecule has 1 saturated heterocycles. The Hall–Kier alpha value is -3.35. The number of nitrogens with zero attached hydrogens (tertiary/aromatic N) is 2. The number of ether oxygens (including phenoxy) is 2. The van der Waals surface area contributed by atoms with Gasteiger partial charge in [-0.25, -0.2) is 9.37 Å². The van der Waals surface area contributed by atoms with Crippen LogP contribution in [0.4, 0.5) is 4.39 Å². The van der Waals surface area contributed by atoms with Crippen LogP contribution in [0.25, 0.3) is 0 Å². The van der Waals surface area contributed by atoms with Gasteiger partial charge in [-0.1, -0.05) is 12.1 Å². The molecule has 2 aromatic carbocycles. The van der Waals surface area contributed by atoms with Crippen molar-refractivity contribution in [2.24, 2.45) is 0 Å². The molecule has 162 valence electrons. The van der Waals surface area contributed by atoms with Crippen LogP contribution in [0.3, 0.4) is 0 Å². The molecule has 0 aliphatic carbocycles. The van der Waals surface area contributed by atoms with Crippen molar-refractivity contribution in [2.45, 2.75) is 25.2 Å². The number of carbonyl (C=O) groups excluding carboxylic acids is 1. The number of benzene rings is 2. The van der Waals surface area contributed by atoms with E-state index >= 15 is 0 Å². The summed E-state index contributed by atoms with van der Waals surface area (Å²) in [4.78, 5) is 18.8.